The summed E-state index contributed by atoms with van der Waals surface area (Å²) in [5.74, 6) is 3.45. The molecule has 0 fully saturated rings. The van der Waals surface area contributed by atoms with Gasteiger partial charge >= 0.3 is 0 Å². The topological polar surface area (TPSA) is 111 Å². The molecule has 6 N–H and O–H groups in total. The van der Waals surface area contributed by atoms with E-state index in [4.69, 9.17) is 26.0 Å². The molecule has 6 nitrogen and oxygen atoms in total. The van der Waals surface area contributed by atoms with E-state index in [9.17, 15) is 5.11 Å². The second kappa shape index (κ2) is 13.6. The van der Waals surface area contributed by atoms with Crippen LogP contribution in [0.25, 0.3) is 0 Å². The SMILES string of the molecule is NCCc1ccc(Oc2ccc(O)cc2)c(I)c1.NCCc1ccc(Oc2ccc(O)cc2)cc1. The van der Waals surface area contributed by atoms with E-state index in [1.165, 1.54) is 11.1 Å². The summed E-state index contributed by atoms with van der Waals surface area (Å²) in [7, 11) is 0. The first kappa shape index (κ1) is 26.3. The average Bonchev–Trinajstić information content (AvgIpc) is 2.86. The van der Waals surface area contributed by atoms with Gasteiger partial charge in [0.2, 0.25) is 0 Å². The lowest BCUT2D eigenvalue weighted by atomic mass is 10.1. The normalized spacial score (nSPS) is 10.3. The van der Waals surface area contributed by atoms with Gasteiger partial charge in [-0.3, -0.25) is 0 Å². The van der Waals surface area contributed by atoms with Crippen LogP contribution in [0.1, 0.15) is 11.1 Å². The van der Waals surface area contributed by atoms with Crippen LogP contribution >= 0.6 is 22.6 Å². The van der Waals surface area contributed by atoms with E-state index in [2.05, 4.69) is 28.7 Å². The molecular weight excluding hydrogens is 555 g/mol. The van der Waals surface area contributed by atoms with Crippen LogP contribution in [-0.2, 0) is 12.8 Å². The summed E-state index contributed by atoms with van der Waals surface area (Å²) in [4.78, 5) is 0. The molecule has 0 heterocycles. The van der Waals surface area contributed by atoms with E-state index in [0.717, 1.165) is 27.9 Å². The van der Waals surface area contributed by atoms with Crippen molar-refractivity contribution in [2.24, 2.45) is 11.5 Å². The fraction of sp³-hybridized carbons (Fsp3) is 0.143. The number of rotatable bonds is 8. The molecule has 0 atom stereocenters. The van der Waals surface area contributed by atoms with Crippen LogP contribution in [0.15, 0.2) is 91.0 Å². The molecular formula is C28H29IN2O4. The Hall–Kier alpha value is -3.27. The number of phenols is 2. The predicted octanol–water partition coefficient (Wildman–Crippen LogP) is 5.98. The molecule has 0 radical (unpaired) electrons. The molecule has 0 aliphatic carbocycles. The van der Waals surface area contributed by atoms with Crippen molar-refractivity contribution in [2.75, 3.05) is 13.1 Å². The first-order valence-corrected chi connectivity index (χ1v) is 12.3. The van der Waals surface area contributed by atoms with Gasteiger partial charge in [0.05, 0.1) is 3.57 Å². The largest absolute Gasteiger partial charge is 0.508 e. The van der Waals surface area contributed by atoms with E-state index >= 15 is 0 Å². The number of aromatic hydroxyl groups is 2. The second-order valence-electron chi connectivity index (χ2n) is 7.68. The van der Waals surface area contributed by atoms with Crippen molar-refractivity contribution in [1.82, 2.24) is 0 Å². The number of nitrogens with two attached hydrogens (primary N) is 2. The number of hydrogen-bond donors (Lipinski definition) is 4. The monoisotopic (exact) mass is 584 g/mol. The molecule has 0 aliphatic heterocycles. The quantitative estimate of drug-likeness (QED) is 0.190. The third kappa shape index (κ3) is 8.79. The molecule has 0 aliphatic rings. The third-order valence-corrected chi connectivity index (χ3v) is 5.77. The van der Waals surface area contributed by atoms with Crippen molar-refractivity contribution >= 4 is 22.6 Å². The zero-order chi connectivity index (χ0) is 25.0. The Morgan fingerprint density at radius 2 is 1.00 bits per heavy atom. The predicted molar refractivity (Wildman–Crippen MR) is 147 cm³/mol. The molecule has 4 aromatic rings. The fourth-order valence-corrected chi connectivity index (χ4v) is 3.82. The molecule has 0 aromatic heterocycles. The van der Waals surface area contributed by atoms with Gasteiger partial charge in [-0.1, -0.05) is 18.2 Å². The van der Waals surface area contributed by atoms with E-state index in [0.29, 0.717) is 24.6 Å². The average molecular weight is 584 g/mol. The van der Waals surface area contributed by atoms with Crippen molar-refractivity contribution < 1.29 is 19.7 Å². The molecule has 4 aromatic carbocycles. The highest BCUT2D eigenvalue weighted by atomic mass is 127. The molecule has 0 bridgehead atoms. The molecule has 182 valence electrons. The van der Waals surface area contributed by atoms with E-state index in [1.807, 2.05) is 36.4 Å². The van der Waals surface area contributed by atoms with Gasteiger partial charge in [0, 0.05) is 0 Å². The van der Waals surface area contributed by atoms with Crippen LogP contribution in [-0.4, -0.2) is 23.3 Å². The van der Waals surface area contributed by atoms with Crippen LogP contribution in [0.4, 0.5) is 0 Å². The first-order valence-electron chi connectivity index (χ1n) is 11.2. The third-order valence-electron chi connectivity index (χ3n) is 4.92. The zero-order valence-electron chi connectivity index (χ0n) is 19.2. The Morgan fingerprint density at radius 3 is 1.49 bits per heavy atom. The molecule has 7 heteroatoms. The highest BCUT2D eigenvalue weighted by Crippen LogP contribution is 2.28. The fourth-order valence-electron chi connectivity index (χ4n) is 3.13. The molecule has 0 unspecified atom stereocenters. The van der Waals surface area contributed by atoms with Crippen LogP contribution in [0, 0.1) is 3.57 Å². The summed E-state index contributed by atoms with van der Waals surface area (Å²) in [6, 6.07) is 27.2. The zero-order valence-corrected chi connectivity index (χ0v) is 21.4. The van der Waals surface area contributed by atoms with Gasteiger partial charge in [-0.05, 0) is 132 Å². The highest BCUT2D eigenvalue weighted by molar-refractivity contribution is 14.1. The maximum absolute atomic E-state index is 9.20. The summed E-state index contributed by atoms with van der Waals surface area (Å²) >= 11 is 2.24. The maximum atomic E-state index is 9.20. The summed E-state index contributed by atoms with van der Waals surface area (Å²) in [5, 5.41) is 18.4. The van der Waals surface area contributed by atoms with Gasteiger partial charge < -0.3 is 31.2 Å². The number of halogens is 1. The van der Waals surface area contributed by atoms with Crippen molar-refractivity contribution in [2.45, 2.75) is 12.8 Å². The second-order valence-corrected chi connectivity index (χ2v) is 8.84. The molecule has 0 saturated carbocycles. The summed E-state index contributed by atoms with van der Waals surface area (Å²) in [6.45, 7) is 1.30. The number of benzene rings is 4. The van der Waals surface area contributed by atoms with Gasteiger partial charge in [-0.15, -0.1) is 0 Å². The molecule has 0 amide bonds. The van der Waals surface area contributed by atoms with Crippen LogP contribution in [0.2, 0.25) is 0 Å². The summed E-state index contributed by atoms with van der Waals surface area (Å²) in [6.07, 6.45) is 1.75. The van der Waals surface area contributed by atoms with Crippen LogP contribution in [0.3, 0.4) is 0 Å². The summed E-state index contributed by atoms with van der Waals surface area (Å²) < 4.78 is 12.4. The minimum atomic E-state index is 0.232. The Balaban J connectivity index is 0.000000196. The number of ether oxygens (including phenoxy) is 2. The van der Waals surface area contributed by atoms with Crippen molar-refractivity contribution in [1.29, 1.82) is 0 Å². The van der Waals surface area contributed by atoms with Gasteiger partial charge in [-0.2, -0.15) is 0 Å². The molecule has 4 rings (SSSR count). The van der Waals surface area contributed by atoms with E-state index < -0.39 is 0 Å². The standard InChI is InChI=1S/C14H14INO2.C14H15NO2/c15-13-9-10(7-8-16)1-6-14(13)18-12-4-2-11(17)3-5-12;15-10-9-11-1-5-13(6-2-11)17-14-7-3-12(16)4-8-14/h1-6,9,17H,7-8,16H2;1-8,16H,9-10,15H2. The van der Waals surface area contributed by atoms with Crippen LogP contribution in [0.5, 0.6) is 34.5 Å². The Morgan fingerprint density at radius 1 is 0.571 bits per heavy atom. The highest BCUT2D eigenvalue weighted by Gasteiger charge is 2.04. The van der Waals surface area contributed by atoms with E-state index in [-0.39, 0.29) is 11.5 Å². The Labute approximate surface area is 219 Å². The minimum absolute atomic E-state index is 0.232. The van der Waals surface area contributed by atoms with Gasteiger partial charge in [-0.25, -0.2) is 0 Å². The Kier molecular flexibility index (Phi) is 10.2. The lowest BCUT2D eigenvalue weighted by molar-refractivity contribution is 0.463. The van der Waals surface area contributed by atoms with Crippen molar-refractivity contribution in [3.8, 4) is 34.5 Å². The van der Waals surface area contributed by atoms with Crippen molar-refractivity contribution in [3.05, 3.63) is 106 Å². The van der Waals surface area contributed by atoms with Gasteiger partial charge in [0.25, 0.3) is 0 Å². The number of phenolic OH excluding ortho intramolecular Hbond substituents is 2. The molecule has 0 spiro atoms. The molecule has 0 saturated heterocycles. The first-order chi connectivity index (χ1) is 17.0. The lowest BCUT2D eigenvalue weighted by Gasteiger charge is -2.09. The van der Waals surface area contributed by atoms with Gasteiger partial charge in [0.15, 0.2) is 0 Å². The maximum Gasteiger partial charge on any atom is 0.140 e. The van der Waals surface area contributed by atoms with E-state index in [1.54, 1.807) is 48.5 Å². The Bertz CT molecular complexity index is 1180. The minimum Gasteiger partial charge on any atom is -0.508 e. The molecule has 35 heavy (non-hydrogen) atoms. The smallest absolute Gasteiger partial charge is 0.140 e. The summed E-state index contributed by atoms with van der Waals surface area (Å²) in [5.41, 5.74) is 13.4. The number of hydrogen-bond acceptors (Lipinski definition) is 6. The lowest BCUT2D eigenvalue weighted by Crippen LogP contribution is -2.02. The van der Waals surface area contributed by atoms with Gasteiger partial charge in [0.1, 0.15) is 34.5 Å². The van der Waals surface area contributed by atoms with Crippen LogP contribution < -0.4 is 20.9 Å². The van der Waals surface area contributed by atoms with Crippen molar-refractivity contribution in [3.63, 3.8) is 0 Å².